The molecule has 0 heterocycles. The van der Waals surface area contributed by atoms with Crippen LogP contribution in [-0.2, 0) is 25.6 Å². The van der Waals surface area contributed by atoms with Crippen LogP contribution < -0.4 is 16.0 Å². The largest absolute Gasteiger partial charge is 0.481 e. The summed E-state index contributed by atoms with van der Waals surface area (Å²) in [4.78, 5) is 45.9. The Labute approximate surface area is 150 Å². The molecular formula is C16H21N3O5S. The molecule has 0 unspecified atom stereocenters. The minimum Gasteiger partial charge on any atom is -0.481 e. The summed E-state index contributed by atoms with van der Waals surface area (Å²) in [6, 6.07) is 6.90. The fourth-order valence-corrected chi connectivity index (χ4v) is 2.23. The molecule has 4 N–H and O–H groups in total. The van der Waals surface area contributed by atoms with Gasteiger partial charge in [0, 0.05) is 18.7 Å². The molecule has 3 amide bonds. The van der Waals surface area contributed by atoms with Crippen molar-refractivity contribution in [1.29, 1.82) is 0 Å². The normalized spacial score (nSPS) is 12.5. The van der Waals surface area contributed by atoms with E-state index in [2.05, 4.69) is 28.6 Å². The van der Waals surface area contributed by atoms with Gasteiger partial charge in [0.2, 0.25) is 18.2 Å². The Kier molecular flexibility index (Phi) is 9.09. The average molecular weight is 367 g/mol. The van der Waals surface area contributed by atoms with E-state index in [0.717, 1.165) is 5.56 Å². The van der Waals surface area contributed by atoms with E-state index in [9.17, 15) is 19.2 Å². The first-order valence-corrected chi connectivity index (χ1v) is 8.25. The molecule has 8 nitrogen and oxygen atoms in total. The van der Waals surface area contributed by atoms with Crippen LogP contribution >= 0.6 is 12.6 Å². The van der Waals surface area contributed by atoms with Gasteiger partial charge in [-0.2, -0.15) is 12.6 Å². The predicted octanol–water partition coefficient (Wildman–Crippen LogP) is -0.651. The first-order chi connectivity index (χ1) is 12.0. The molecule has 1 aromatic carbocycles. The highest BCUT2D eigenvalue weighted by atomic mass is 32.1. The van der Waals surface area contributed by atoms with Crippen molar-refractivity contribution in [2.24, 2.45) is 0 Å². The van der Waals surface area contributed by atoms with Gasteiger partial charge in [-0.05, 0) is 5.56 Å². The van der Waals surface area contributed by atoms with Gasteiger partial charge in [-0.1, -0.05) is 30.3 Å². The van der Waals surface area contributed by atoms with Gasteiger partial charge in [0.1, 0.15) is 12.1 Å². The van der Waals surface area contributed by atoms with E-state index in [-0.39, 0.29) is 12.8 Å². The summed E-state index contributed by atoms with van der Waals surface area (Å²) in [5.74, 6) is -1.96. The van der Waals surface area contributed by atoms with Gasteiger partial charge in [0.05, 0.1) is 6.42 Å². The number of rotatable bonds is 11. The molecule has 136 valence electrons. The van der Waals surface area contributed by atoms with Crippen molar-refractivity contribution in [2.75, 3.05) is 12.3 Å². The van der Waals surface area contributed by atoms with Crippen LogP contribution in [0.25, 0.3) is 0 Å². The standard InChI is InChI=1S/C16H21N3O5S/c20-10-18-12(9-14(21)22)16(24)19-13(15(23)17-6-7-25)8-11-4-2-1-3-5-11/h1-5,10,12-13,25H,6-9H2,(H,17,23)(H,18,20)(H,19,24)(H,21,22)/t12-,13-/m0/s1. The van der Waals surface area contributed by atoms with Crippen LogP contribution in [0.3, 0.4) is 0 Å². The maximum absolute atomic E-state index is 12.3. The monoisotopic (exact) mass is 367 g/mol. The van der Waals surface area contributed by atoms with E-state index < -0.39 is 36.3 Å². The Bertz CT molecular complexity index is 597. The fraction of sp³-hybridized carbons (Fsp3) is 0.375. The quantitative estimate of drug-likeness (QED) is 0.263. The Morgan fingerprint density at radius 2 is 1.80 bits per heavy atom. The highest BCUT2D eigenvalue weighted by Crippen LogP contribution is 2.05. The molecule has 0 aromatic heterocycles. The second-order valence-corrected chi connectivity index (χ2v) is 5.65. The van der Waals surface area contributed by atoms with Crippen LogP contribution in [0.15, 0.2) is 30.3 Å². The Morgan fingerprint density at radius 3 is 2.36 bits per heavy atom. The van der Waals surface area contributed by atoms with Crippen molar-refractivity contribution in [3.05, 3.63) is 35.9 Å². The average Bonchev–Trinajstić information content (AvgIpc) is 2.59. The molecule has 1 aromatic rings. The number of carboxylic acid groups (broad SMARTS) is 1. The van der Waals surface area contributed by atoms with Gasteiger partial charge >= 0.3 is 5.97 Å². The lowest BCUT2D eigenvalue weighted by atomic mass is 10.0. The molecule has 0 spiro atoms. The molecule has 25 heavy (non-hydrogen) atoms. The number of carbonyl (C=O) groups excluding carboxylic acids is 3. The maximum Gasteiger partial charge on any atom is 0.305 e. The molecule has 9 heteroatoms. The van der Waals surface area contributed by atoms with Crippen molar-refractivity contribution in [1.82, 2.24) is 16.0 Å². The van der Waals surface area contributed by atoms with Gasteiger partial charge in [0.25, 0.3) is 0 Å². The predicted molar refractivity (Wildman–Crippen MR) is 94.2 cm³/mol. The van der Waals surface area contributed by atoms with Crippen molar-refractivity contribution in [3.63, 3.8) is 0 Å². The Hall–Kier alpha value is -2.55. The summed E-state index contributed by atoms with van der Waals surface area (Å²) < 4.78 is 0. The van der Waals surface area contributed by atoms with Crippen LogP contribution in [-0.4, -0.2) is 53.7 Å². The first kappa shape index (κ1) is 20.5. The molecule has 0 aliphatic carbocycles. The summed E-state index contributed by atoms with van der Waals surface area (Å²) in [5.41, 5.74) is 0.826. The molecular weight excluding hydrogens is 346 g/mol. The maximum atomic E-state index is 12.3. The highest BCUT2D eigenvalue weighted by molar-refractivity contribution is 7.80. The first-order valence-electron chi connectivity index (χ1n) is 7.62. The lowest BCUT2D eigenvalue weighted by Gasteiger charge is -2.21. The molecule has 1 rings (SSSR count). The van der Waals surface area contributed by atoms with Crippen LogP contribution in [0.2, 0.25) is 0 Å². The van der Waals surface area contributed by atoms with Crippen LogP contribution in [0, 0.1) is 0 Å². The number of amides is 3. The van der Waals surface area contributed by atoms with Crippen LogP contribution in [0.1, 0.15) is 12.0 Å². The van der Waals surface area contributed by atoms with E-state index >= 15 is 0 Å². The van der Waals surface area contributed by atoms with E-state index in [1.807, 2.05) is 18.2 Å². The van der Waals surface area contributed by atoms with E-state index in [1.54, 1.807) is 12.1 Å². The summed E-state index contributed by atoms with van der Waals surface area (Å²) in [7, 11) is 0. The molecule has 2 atom stereocenters. The third kappa shape index (κ3) is 7.71. The van der Waals surface area contributed by atoms with Crippen LogP contribution in [0.5, 0.6) is 0 Å². The molecule has 0 saturated heterocycles. The summed E-state index contributed by atoms with van der Waals surface area (Å²) in [6.07, 6.45) is -0.104. The number of thiol groups is 1. The highest BCUT2D eigenvalue weighted by Gasteiger charge is 2.27. The number of carboxylic acids is 1. The van der Waals surface area contributed by atoms with Gasteiger partial charge < -0.3 is 21.1 Å². The van der Waals surface area contributed by atoms with E-state index in [0.29, 0.717) is 12.3 Å². The second kappa shape index (κ2) is 11.1. The number of hydrogen-bond acceptors (Lipinski definition) is 5. The number of hydrogen-bond donors (Lipinski definition) is 5. The van der Waals surface area contributed by atoms with Crippen molar-refractivity contribution in [2.45, 2.75) is 24.9 Å². The third-order valence-electron chi connectivity index (χ3n) is 3.29. The SMILES string of the molecule is O=CN[C@@H](CC(=O)O)C(=O)N[C@@H](Cc1ccccc1)C(=O)NCCS. The van der Waals surface area contributed by atoms with Crippen LogP contribution in [0.4, 0.5) is 0 Å². The summed E-state index contributed by atoms with van der Waals surface area (Å²) in [6.45, 7) is 0.328. The van der Waals surface area contributed by atoms with E-state index in [1.165, 1.54) is 0 Å². The minimum atomic E-state index is -1.26. The van der Waals surface area contributed by atoms with Gasteiger partial charge in [-0.15, -0.1) is 0 Å². The molecule has 0 saturated carbocycles. The lowest BCUT2D eigenvalue weighted by Crippen LogP contribution is -2.54. The smallest absolute Gasteiger partial charge is 0.305 e. The number of benzene rings is 1. The van der Waals surface area contributed by atoms with Crippen molar-refractivity contribution < 1.29 is 24.3 Å². The lowest BCUT2D eigenvalue weighted by molar-refractivity contribution is -0.140. The summed E-state index contributed by atoms with van der Waals surface area (Å²) >= 11 is 4.01. The summed E-state index contributed by atoms with van der Waals surface area (Å²) in [5, 5.41) is 16.1. The zero-order valence-electron chi connectivity index (χ0n) is 13.5. The van der Waals surface area contributed by atoms with Gasteiger partial charge in [-0.3, -0.25) is 19.2 Å². The topological polar surface area (TPSA) is 125 Å². The number of carbonyl (C=O) groups is 4. The Balaban J connectivity index is 2.85. The fourth-order valence-electron chi connectivity index (χ4n) is 2.12. The zero-order chi connectivity index (χ0) is 18.7. The Morgan fingerprint density at radius 1 is 1.12 bits per heavy atom. The molecule has 0 aliphatic rings. The van der Waals surface area contributed by atoms with Gasteiger partial charge in [-0.25, -0.2) is 0 Å². The van der Waals surface area contributed by atoms with Gasteiger partial charge in [0.15, 0.2) is 0 Å². The molecule has 0 radical (unpaired) electrons. The third-order valence-corrected chi connectivity index (χ3v) is 3.51. The number of nitrogens with one attached hydrogen (secondary N) is 3. The number of aliphatic carboxylic acids is 1. The van der Waals surface area contributed by atoms with Crippen molar-refractivity contribution >= 4 is 36.8 Å². The zero-order valence-corrected chi connectivity index (χ0v) is 14.4. The molecule has 0 bridgehead atoms. The minimum absolute atomic E-state index is 0.228. The second-order valence-electron chi connectivity index (χ2n) is 5.20. The molecule has 0 fully saturated rings. The molecule has 0 aliphatic heterocycles. The van der Waals surface area contributed by atoms with E-state index in [4.69, 9.17) is 5.11 Å². The van der Waals surface area contributed by atoms with Crippen molar-refractivity contribution in [3.8, 4) is 0 Å².